The van der Waals surface area contributed by atoms with Crippen LogP contribution in [-0.4, -0.2) is 185 Å². The molecule has 1 aliphatic heterocycles. The Balaban J connectivity index is 2.76. The maximum Gasteiger partial charge on any atom is 0.326 e. The topological polar surface area (TPSA) is 249 Å². The first-order valence-corrected chi connectivity index (χ1v) is 17.6. The Labute approximate surface area is 299 Å². The highest BCUT2D eigenvalue weighted by Gasteiger charge is 2.25. The van der Waals surface area contributed by atoms with E-state index in [-0.39, 0.29) is 121 Å². The van der Waals surface area contributed by atoms with Crippen LogP contribution in [0.2, 0.25) is 0 Å². The lowest BCUT2D eigenvalue weighted by atomic mass is 9.96. The molecule has 1 rings (SSSR count). The predicted octanol–water partition coefficient (Wildman–Crippen LogP) is -1.31. The fourth-order valence-corrected chi connectivity index (χ4v) is 5.66. The number of amides is 2. The van der Waals surface area contributed by atoms with Crippen LogP contribution >= 0.6 is 0 Å². The number of rotatable bonds is 22. The highest BCUT2D eigenvalue weighted by atomic mass is 16.4. The molecule has 0 aromatic heterocycles. The Bertz CT molecular complexity index is 1120. The second kappa shape index (κ2) is 24.5. The molecule has 2 atom stereocenters. The molecule has 7 N–H and O–H groups in total. The number of Topliss-reactive ketones (excluding diaryl/α,β-unsaturated/α-hetero) is 1. The molecule has 0 bridgehead atoms. The van der Waals surface area contributed by atoms with Gasteiger partial charge < -0.3 is 36.4 Å². The van der Waals surface area contributed by atoms with Crippen LogP contribution in [0, 0.1) is 5.92 Å². The van der Waals surface area contributed by atoms with Crippen molar-refractivity contribution in [3.8, 4) is 0 Å². The van der Waals surface area contributed by atoms with Crippen LogP contribution < -0.4 is 16.0 Å². The smallest absolute Gasteiger partial charge is 0.326 e. The summed E-state index contributed by atoms with van der Waals surface area (Å²) in [6, 6.07) is -1.44. The summed E-state index contributed by atoms with van der Waals surface area (Å²) in [6.45, 7) is 8.53. The molecule has 0 aromatic carbocycles. The fraction of sp³-hybridized carbons (Fsp3) is 0.788. The van der Waals surface area contributed by atoms with Crippen molar-refractivity contribution in [3.63, 3.8) is 0 Å². The monoisotopic (exact) mass is 729 g/mol. The first-order valence-electron chi connectivity index (χ1n) is 17.6. The number of hydrogen-bond donors (Lipinski definition) is 7. The van der Waals surface area contributed by atoms with E-state index in [4.69, 9.17) is 0 Å². The summed E-state index contributed by atoms with van der Waals surface area (Å²) in [7, 11) is 0. The zero-order chi connectivity index (χ0) is 38.5. The third kappa shape index (κ3) is 21.3. The largest absolute Gasteiger partial charge is 0.480 e. The average Bonchev–Trinajstić information content (AvgIpc) is 3.01. The van der Waals surface area contributed by atoms with Crippen molar-refractivity contribution in [3.05, 3.63) is 0 Å². The molecule has 0 unspecified atom stereocenters. The van der Waals surface area contributed by atoms with Gasteiger partial charge in [-0.1, -0.05) is 27.7 Å². The summed E-state index contributed by atoms with van der Waals surface area (Å²) in [6.07, 6.45) is 1.69. The fourth-order valence-electron chi connectivity index (χ4n) is 5.66. The molecular weight excluding hydrogens is 670 g/mol. The minimum atomic E-state index is -1.34. The molecule has 0 aromatic rings. The lowest BCUT2D eigenvalue weighted by Gasteiger charge is -2.33. The van der Waals surface area contributed by atoms with Gasteiger partial charge in [0.15, 0.2) is 5.78 Å². The number of unbranched alkanes of at least 4 members (excludes halogenated alkanes) is 1. The van der Waals surface area contributed by atoms with E-state index < -0.39 is 35.8 Å². The first kappa shape index (κ1) is 45.3. The molecule has 0 spiro atoms. The number of carbonyl (C=O) groups is 7. The molecule has 18 nitrogen and oxygen atoms in total. The SMILES string of the molecule is CC(C)N[C@@H](CCCCNC(=O)CC[C@H](NC(=O)CN1CCN(CC(=O)O)CCN(CC(=O)O)CCN(CC(=O)O)CC1)C(=O)O)C(=O)C(C)C. The molecule has 1 heterocycles. The second-order valence-corrected chi connectivity index (χ2v) is 13.6. The van der Waals surface area contributed by atoms with E-state index >= 15 is 0 Å². The van der Waals surface area contributed by atoms with Crippen molar-refractivity contribution < 1.29 is 54.0 Å². The van der Waals surface area contributed by atoms with E-state index in [1.807, 2.05) is 27.7 Å². The predicted molar refractivity (Wildman–Crippen MR) is 186 cm³/mol. The van der Waals surface area contributed by atoms with Gasteiger partial charge in [0.25, 0.3) is 0 Å². The third-order valence-electron chi connectivity index (χ3n) is 8.36. The summed E-state index contributed by atoms with van der Waals surface area (Å²) >= 11 is 0. The number of aliphatic carboxylic acids is 4. The van der Waals surface area contributed by atoms with Gasteiger partial charge in [0.1, 0.15) is 6.04 Å². The van der Waals surface area contributed by atoms with Crippen molar-refractivity contribution in [2.75, 3.05) is 85.1 Å². The molecule has 0 aliphatic carbocycles. The number of nitrogens with one attached hydrogen (secondary N) is 3. The molecule has 2 amide bonds. The van der Waals surface area contributed by atoms with Gasteiger partial charge in [0, 0.05) is 77.3 Å². The van der Waals surface area contributed by atoms with Crippen LogP contribution in [0.1, 0.15) is 59.8 Å². The van der Waals surface area contributed by atoms with E-state index in [1.54, 1.807) is 19.6 Å². The Kier molecular flexibility index (Phi) is 21.7. The zero-order valence-electron chi connectivity index (χ0n) is 30.5. The van der Waals surface area contributed by atoms with Crippen molar-refractivity contribution in [2.24, 2.45) is 5.92 Å². The van der Waals surface area contributed by atoms with E-state index in [1.165, 1.54) is 0 Å². The number of carboxylic acid groups (broad SMARTS) is 4. The quantitative estimate of drug-likeness (QED) is 0.0639. The van der Waals surface area contributed by atoms with Crippen LogP contribution in [0.5, 0.6) is 0 Å². The van der Waals surface area contributed by atoms with E-state index in [0.717, 1.165) is 0 Å². The summed E-state index contributed by atoms with van der Waals surface area (Å²) in [5.74, 6) is -5.48. The molecule has 1 fully saturated rings. The van der Waals surface area contributed by atoms with Gasteiger partial charge in [-0.05, 0) is 25.7 Å². The maximum absolute atomic E-state index is 13.0. The van der Waals surface area contributed by atoms with Crippen LogP contribution in [0.25, 0.3) is 0 Å². The van der Waals surface area contributed by atoms with Gasteiger partial charge in [-0.25, -0.2) is 4.79 Å². The first-order chi connectivity index (χ1) is 24.0. The maximum atomic E-state index is 13.0. The zero-order valence-corrected chi connectivity index (χ0v) is 30.5. The molecular formula is C33H59N7O11. The average molecular weight is 730 g/mol. The molecule has 51 heavy (non-hydrogen) atoms. The summed E-state index contributed by atoms with van der Waals surface area (Å²) in [5, 5.41) is 46.4. The van der Waals surface area contributed by atoms with Crippen molar-refractivity contribution in [1.82, 2.24) is 35.6 Å². The third-order valence-corrected chi connectivity index (χ3v) is 8.36. The normalized spacial score (nSPS) is 17.2. The standard InChI is InChI=1S/C33H59N7O11/c1-23(2)32(49)25(35-24(3)4)7-5-6-10-34-27(41)9-8-26(33(50)51)36-28(42)19-37-11-13-38(20-29(43)44)15-17-40(22-31(47)48)18-16-39(14-12-37)21-30(45)46/h23-26,35H,5-22H2,1-4H3,(H,34,41)(H,36,42)(H,43,44)(H,45,46)(H,47,48)(H,50,51)/t25-,26-/m0/s1. The molecule has 0 radical (unpaired) electrons. The Hall–Kier alpha value is -3.71. The van der Waals surface area contributed by atoms with Gasteiger partial charge >= 0.3 is 23.9 Å². The Morgan fingerprint density at radius 3 is 1.37 bits per heavy atom. The highest BCUT2D eigenvalue weighted by Crippen LogP contribution is 2.09. The number of hydrogen-bond acceptors (Lipinski definition) is 12. The molecule has 292 valence electrons. The summed E-state index contributed by atoms with van der Waals surface area (Å²) < 4.78 is 0. The van der Waals surface area contributed by atoms with Gasteiger partial charge in [0.05, 0.1) is 32.2 Å². The van der Waals surface area contributed by atoms with E-state index in [2.05, 4.69) is 16.0 Å². The lowest BCUT2D eigenvalue weighted by molar-refractivity contribution is -0.142. The highest BCUT2D eigenvalue weighted by molar-refractivity contribution is 5.86. The van der Waals surface area contributed by atoms with E-state index in [9.17, 15) is 54.0 Å². The van der Waals surface area contributed by atoms with Gasteiger partial charge in [-0.15, -0.1) is 0 Å². The molecule has 1 saturated heterocycles. The Morgan fingerprint density at radius 1 is 0.569 bits per heavy atom. The van der Waals surface area contributed by atoms with Crippen LogP contribution in [0.15, 0.2) is 0 Å². The minimum absolute atomic E-state index is 0.0932. The van der Waals surface area contributed by atoms with Crippen LogP contribution in [0.3, 0.4) is 0 Å². The Morgan fingerprint density at radius 2 is 1.00 bits per heavy atom. The lowest BCUT2D eigenvalue weighted by Crippen LogP contribution is -2.51. The second-order valence-electron chi connectivity index (χ2n) is 13.6. The molecule has 1 aliphatic rings. The summed E-state index contributed by atoms with van der Waals surface area (Å²) in [4.78, 5) is 90.8. The molecule has 0 saturated carbocycles. The van der Waals surface area contributed by atoms with Crippen molar-refractivity contribution in [2.45, 2.75) is 77.9 Å². The van der Waals surface area contributed by atoms with E-state index in [0.29, 0.717) is 25.8 Å². The van der Waals surface area contributed by atoms with Gasteiger partial charge in [-0.3, -0.25) is 48.4 Å². The van der Waals surface area contributed by atoms with Gasteiger partial charge in [0.2, 0.25) is 11.8 Å². The van der Waals surface area contributed by atoms with Crippen LogP contribution in [0.4, 0.5) is 0 Å². The summed E-state index contributed by atoms with van der Waals surface area (Å²) in [5.41, 5.74) is 0. The van der Waals surface area contributed by atoms with Gasteiger partial charge in [-0.2, -0.15) is 0 Å². The number of nitrogens with zero attached hydrogens (tertiary/aromatic N) is 4. The van der Waals surface area contributed by atoms with Crippen LogP contribution in [-0.2, 0) is 33.6 Å². The number of carboxylic acids is 4. The minimum Gasteiger partial charge on any atom is -0.480 e. The van der Waals surface area contributed by atoms with Crippen molar-refractivity contribution >= 4 is 41.5 Å². The number of carbonyl (C=O) groups excluding carboxylic acids is 3. The van der Waals surface area contributed by atoms with Crippen molar-refractivity contribution in [1.29, 1.82) is 0 Å². The molecule has 18 heteroatoms. The number of ketones is 1.